The van der Waals surface area contributed by atoms with Crippen molar-refractivity contribution in [3.8, 4) is 0 Å². The van der Waals surface area contributed by atoms with E-state index < -0.39 is 10.0 Å². The minimum Gasteiger partial charge on any atom is -0.256 e. The standard InChI is InChI=1S/C13H13BrN2O2S/c14-12-7-13-9(2-1-5-15-13)6-10(12)8-16-19(17,18)11-3-4-11/h1-2,5-7,11,16H,3-4,8H2. The van der Waals surface area contributed by atoms with E-state index in [2.05, 4.69) is 25.6 Å². The molecule has 19 heavy (non-hydrogen) atoms. The summed E-state index contributed by atoms with van der Waals surface area (Å²) in [5, 5.41) is 0.819. The molecular weight excluding hydrogens is 328 g/mol. The number of nitrogens with one attached hydrogen (secondary N) is 1. The second-order valence-corrected chi connectivity index (χ2v) is 7.60. The lowest BCUT2D eigenvalue weighted by atomic mass is 10.1. The molecule has 6 heteroatoms. The molecule has 1 heterocycles. The molecular formula is C13H13BrN2O2S. The Balaban J connectivity index is 1.86. The number of pyridine rings is 1. The van der Waals surface area contributed by atoms with E-state index >= 15 is 0 Å². The molecule has 2 aromatic rings. The zero-order valence-corrected chi connectivity index (χ0v) is 12.5. The van der Waals surface area contributed by atoms with E-state index in [0.29, 0.717) is 6.54 Å². The molecule has 0 unspecified atom stereocenters. The fourth-order valence-corrected chi connectivity index (χ4v) is 3.77. The fourth-order valence-electron chi connectivity index (χ4n) is 1.95. The van der Waals surface area contributed by atoms with Gasteiger partial charge in [-0.2, -0.15) is 0 Å². The third-order valence-corrected chi connectivity index (χ3v) is 5.83. The zero-order chi connectivity index (χ0) is 13.5. The summed E-state index contributed by atoms with van der Waals surface area (Å²) in [7, 11) is -3.14. The van der Waals surface area contributed by atoms with Crippen LogP contribution in [0.15, 0.2) is 34.9 Å². The molecule has 0 spiro atoms. The summed E-state index contributed by atoms with van der Waals surface area (Å²) in [6.07, 6.45) is 3.29. The molecule has 0 amide bonds. The average Bonchev–Trinajstić information content (AvgIpc) is 3.21. The van der Waals surface area contributed by atoms with Crippen LogP contribution in [0.2, 0.25) is 0 Å². The third-order valence-electron chi connectivity index (χ3n) is 3.20. The van der Waals surface area contributed by atoms with Gasteiger partial charge in [-0.15, -0.1) is 0 Å². The van der Waals surface area contributed by atoms with Gasteiger partial charge in [-0.3, -0.25) is 4.98 Å². The Morgan fingerprint density at radius 3 is 2.89 bits per heavy atom. The summed E-state index contributed by atoms with van der Waals surface area (Å²) in [5.41, 5.74) is 1.81. The second kappa shape index (κ2) is 4.85. The maximum atomic E-state index is 11.8. The Labute approximate surface area is 120 Å². The first-order valence-electron chi connectivity index (χ1n) is 6.08. The van der Waals surface area contributed by atoms with E-state index in [1.165, 1.54) is 0 Å². The molecule has 4 nitrogen and oxygen atoms in total. The number of fused-ring (bicyclic) bond motifs is 1. The largest absolute Gasteiger partial charge is 0.256 e. The predicted molar refractivity (Wildman–Crippen MR) is 78.2 cm³/mol. The van der Waals surface area contributed by atoms with Crippen LogP contribution in [0.5, 0.6) is 0 Å². The Hall–Kier alpha value is -0.980. The topological polar surface area (TPSA) is 59.1 Å². The molecule has 0 saturated heterocycles. The highest BCUT2D eigenvalue weighted by atomic mass is 79.9. The number of rotatable bonds is 4. The van der Waals surface area contributed by atoms with Crippen LogP contribution in [0, 0.1) is 0 Å². The van der Waals surface area contributed by atoms with Gasteiger partial charge in [-0.25, -0.2) is 13.1 Å². The summed E-state index contributed by atoms with van der Waals surface area (Å²) in [6, 6.07) is 7.71. The normalized spacial score (nSPS) is 15.8. The van der Waals surface area contributed by atoms with Gasteiger partial charge < -0.3 is 0 Å². The van der Waals surface area contributed by atoms with Crippen molar-refractivity contribution in [2.24, 2.45) is 0 Å². The Bertz CT molecular complexity index is 727. The van der Waals surface area contributed by atoms with Crippen molar-refractivity contribution in [1.82, 2.24) is 9.71 Å². The van der Waals surface area contributed by atoms with Crippen molar-refractivity contribution in [3.63, 3.8) is 0 Å². The number of nitrogens with zero attached hydrogens (tertiary/aromatic N) is 1. The van der Waals surface area contributed by atoms with Crippen molar-refractivity contribution in [3.05, 3.63) is 40.5 Å². The number of hydrogen-bond donors (Lipinski definition) is 1. The van der Waals surface area contributed by atoms with Crippen LogP contribution >= 0.6 is 15.9 Å². The highest BCUT2D eigenvalue weighted by Gasteiger charge is 2.35. The first-order chi connectivity index (χ1) is 9.06. The first kappa shape index (κ1) is 13.0. The summed E-state index contributed by atoms with van der Waals surface area (Å²) >= 11 is 3.46. The van der Waals surface area contributed by atoms with Gasteiger partial charge in [0.1, 0.15) is 0 Å². The lowest BCUT2D eigenvalue weighted by Gasteiger charge is -2.08. The molecule has 1 N–H and O–H groups in total. The van der Waals surface area contributed by atoms with Gasteiger partial charge in [-0.05, 0) is 36.6 Å². The predicted octanol–water partition coefficient (Wildman–Crippen LogP) is 2.58. The zero-order valence-electron chi connectivity index (χ0n) is 10.1. The number of aromatic nitrogens is 1. The fraction of sp³-hybridized carbons (Fsp3) is 0.308. The summed E-state index contributed by atoms with van der Waals surface area (Å²) in [4.78, 5) is 4.26. The summed E-state index contributed by atoms with van der Waals surface area (Å²) < 4.78 is 27.1. The molecule has 0 aliphatic heterocycles. The van der Waals surface area contributed by atoms with Crippen LogP contribution in [0.3, 0.4) is 0 Å². The van der Waals surface area contributed by atoms with Crippen LogP contribution in [0.1, 0.15) is 18.4 Å². The van der Waals surface area contributed by atoms with Crippen molar-refractivity contribution in [2.75, 3.05) is 0 Å². The second-order valence-electron chi connectivity index (χ2n) is 4.71. The summed E-state index contributed by atoms with van der Waals surface area (Å²) in [6.45, 7) is 0.310. The van der Waals surface area contributed by atoms with Gasteiger partial charge in [0, 0.05) is 22.6 Å². The van der Waals surface area contributed by atoms with Crippen molar-refractivity contribution in [1.29, 1.82) is 0 Å². The van der Waals surface area contributed by atoms with E-state index in [0.717, 1.165) is 33.8 Å². The number of hydrogen-bond acceptors (Lipinski definition) is 3. The van der Waals surface area contributed by atoms with Gasteiger partial charge in [0.2, 0.25) is 10.0 Å². The van der Waals surface area contributed by atoms with Crippen molar-refractivity contribution >= 4 is 36.9 Å². The van der Waals surface area contributed by atoms with Crippen LogP contribution in [0.25, 0.3) is 10.9 Å². The summed E-state index contributed by atoms with van der Waals surface area (Å²) in [5.74, 6) is 0. The number of halogens is 1. The molecule has 1 saturated carbocycles. The van der Waals surface area contributed by atoms with Gasteiger partial charge in [0.15, 0.2) is 0 Å². The molecule has 1 aromatic heterocycles. The SMILES string of the molecule is O=S(=O)(NCc1cc2cccnc2cc1Br)C1CC1. The van der Waals surface area contributed by atoms with E-state index in [9.17, 15) is 8.42 Å². The van der Waals surface area contributed by atoms with Gasteiger partial charge >= 0.3 is 0 Å². The molecule has 1 aromatic carbocycles. The Kier molecular flexibility index (Phi) is 3.32. The molecule has 0 bridgehead atoms. The van der Waals surface area contributed by atoms with Crippen molar-refractivity contribution in [2.45, 2.75) is 24.6 Å². The maximum Gasteiger partial charge on any atom is 0.214 e. The van der Waals surface area contributed by atoms with Crippen LogP contribution in [0.4, 0.5) is 0 Å². The van der Waals surface area contributed by atoms with Crippen molar-refractivity contribution < 1.29 is 8.42 Å². The molecule has 1 fully saturated rings. The van der Waals surface area contributed by atoms with Crippen LogP contribution < -0.4 is 4.72 Å². The van der Waals surface area contributed by atoms with Crippen LogP contribution in [-0.2, 0) is 16.6 Å². The Morgan fingerprint density at radius 1 is 1.37 bits per heavy atom. The lowest BCUT2D eigenvalue weighted by Crippen LogP contribution is -2.26. The average molecular weight is 341 g/mol. The van der Waals surface area contributed by atoms with E-state index in [1.54, 1.807) is 6.20 Å². The number of sulfonamides is 1. The third kappa shape index (κ3) is 2.80. The molecule has 1 aliphatic carbocycles. The lowest BCUT2D eigenvalue weighted by molar-refractivity contribution is 0.580. The minimum absolute atomic E-state index is 0.187. The van der Waals surface area contributed by atoms with E-state index in [-0.39, 0.29) is 5.25 Å². The quantitative estimate of drug-likeness (QED) is 0.930. The Morgan fingerprint density at radius 2 is 2.16 bits per heavy atom. The van der Waals surface area contributed by atoms with E-state index in [1.807, 2.05) is 24.3 Å². The molecule has 0 radical (unpaired) electrons. The van der Waals surface area contributed by atoms with Gasteiger partial charge in [0.05, 0.1) is 10.8 Å². The highest BCUT2D eigenvalue weighted by molar-refractivity contribution is 9.10. The maximum absolute atomic E-state index is 11.8. The molecule has 1 aliphatic rings. The van der Waals surface area contributed by atoms with Gasteiger partial charge in [0.25, 0.3) is 0 Å². The molecule has 3 rings (SSSR count). The van der Waals surface area contributed by atoms with Crippen LogP contribution in [-0.4, -0.2) is 18.7 Å². The smallest absolute Gasteiger partial charge is 0.214 e. The van der Waals surface area contributed by atoms with E-state index in [4.69, 9.17) is 0 Å². The number of benzene rings is 1. The molecule has 100 valence electrons. The monoisotopic (exact) mass is 340 g/mol. The molecule has 0 atom stereocenters. The highest BCUT2D eigenvalue weighted by Crippen LogP contribution is 2.28. The first-order valence-corrected chi connectivity index (χ1v) is 8.42. The van der Waals surface area contributed by atoms with Gasteiger partial charge in [-0.1, -0.05) is 22.0 Å². The minimum atomic E-state index is -3.14.